The molecule has 0 bridgehead atoms. The normalized spacial score (nSPS) is 14.1. The van der Waals surface area contributed by atoms with E-state index in [0.717, 1.165) is 77.0 Å². The van der Waals surface area contributed by atoms with Gasteiger partial charge in [0.15, 0.2) is 6.10 Å². The first-order valence-corrected chi connectivity index (χ1v) is 21.9. The maximum atomic E-state index is 12.6. The molecule has 0 amide bonds. The first-order valence-electron chi connectivity index (χ1n) is 20.4. The van der Waals surface area contributed by atoms with E-state index in [1.165, 1.54) is 64.2 Å². The van der Waals surface area contributed by atoms with Crippen molar-refractivity contribution in [3.8, 4) is 0 Å². The molecule has 3 atom stereocenters. The molecule has 52 heavy (non-hydrogen) atoms. The Labute approximate surface area is 315 Å². The van der Waals surface area contributed by atoms with Crippen molar-refractivity contribution in [1.82, 2.24) is 0 Å². The Morgan fingerprint density at radius 3 is 1.42 bits per heavy atom. The number of allylic oxidation sites excluding steroid dienone is 4. The minimum atomic E-state index is -4.71. The number of carboxylic acid groups (broad SMARTS) is 1. The number of esters is 2. The monoisotopic (exact) mass is 760 g/mol. The van der Waals surface area contributed by atoms with E-state index in [4.69, 9.17) is 24.8 Å². The molecule has 0 aliphatic carbocycles. The molecule has 0 aromatic carbocycles. The molecule has 0 aromatic heterocycles. The third-order valence-electron chi connectivity index (χ3n) is 8.67. The number of hydrogen-bond acceptors (Lipinski definition) is 9. The quantitative estimate of drug-likeness (QED) is 0.0237. The smallest absolute Gasteiger partial charge is 0.472 e. The van der Waals surface area contributed by atoms with Gasteiger partial charge in [0.05, 0.1) is 13.2 Å². The number of rotatable bonds is 38. The van der Waals surface area contributed by atoms with Gasteiger partial charge in [0.25, 0.3) is 0 Å². The first kappa shape index (κ1) is 50.0. The number of unbranched alkanes of at least 4 members (excludes halogenated alkanes) is 20. The Morgan fingerprint density at radius 2 is 0.962 bits per heavy atom. The van der Waals surface area contributed by atoms with Crippen LogP contribution < -0.4 is 5.73 Å². The van der Waals surface area contributed by atoms with Crippen molar-refractivity contribution >= 4 is 25.7 Å². The molecular formula is C40H74NO10P. The number of phosphoric ester groups is 1. The molecule has 0 saturated heterocycles. The zero-order valence-electron chi connectivity index (χ0n) is 32.7. The van der Waals surface area contributed by atoms with Gasteiger partial charge in [-0.05, 0) is 64.2 Å². The van der Waals surface area contributed by atoms with E-state index in [9.17, 15) is 23.8 Å². The Bertz CT molecular complexity index is 989. The van der Waals surface area contributed by atoms with Crippen LogP contribution >= 0.6 is 7.82 Å². The lowest BCUT2D eigenvalue weighted by Crippen LogP contribution is -2.34. The molecule has 0 spiro atoms. The van der Waals surface area contributed by atoms with Crippen LogP contribution in [0.15, 0.2) is 24.3 Å². The Kier molecular flexibility index (Phi) is 34.6. The second kappa shape index (κ2) is 36.0. The molecule has 0 fully saturated rings. The van der Waals surface area contributed by atoms with E-state index in [2.05, 4.69) is 42.7 Å². The lowest BCUT2D eigenvalue weighted by molar-refractivity contribution is -0.161. The highest BCUT2D eigenvalue weighted by atomic mass is 31.2. The summed E-state index contributed by atoms with van der Waals surface area (Å²) in [5.74, 6) is -2.40. The molecule has 0 heterocycles. The molecule has 0 rings (SSSR count). The molecule has 304 valence electrons. The van der Waals surface area contributed by atoms with Gasteiger partial charge in [-0.15, -0.1) is 0 Å². The van der Waals surface area contributed by atoms with Crippen molar-refractivity contribution in [2.24, 2.45) is 5.73 Å². The fraction of sp³-hybridized carbons (Fsp3) is 0.825. The van der Waals surface area contributed by atoms with Crippen molar-refractivity contribution in [3.63, 3.8) is 0 Å². The summed E-state index contributed by atoms with van der Waals surface area (Å²) in [6.07, 6.45) is 35.3. The van der Waals surface area contributed by atoms with E-state index < -0.39 is 51.1 Å². The number of nitrogens with two attached hydrogens (primary N) is 1. The maximum absolute atomic E-state index is 12.6. The van der Waals surface area contributed by atoms with E-state index in [-0.39, 0.29) is 19.4 Å². The Morgan fingerprint density at radius 1 is 0.577 bits per heavy atom. The van der Waals surface area contributed by atoms with Gasteiger partial charge in [-0.25, -0.2) is 4.57 Å². The molecule has 0 aliphatic heterocycles. The van der Waals surface area contributed by atoms with Gasteiger partial charge >= 0.3 is 25.7 Å². The van der Waals surface area contributed by atoms with Crippen molar-refractivity contribution in [2.75, 3.05) is 19.8 Å². The number of phosphoric acid groups is 1. The van der Waals surface area contributed by atoms with Crippen molar-refractivity contribution in [2.45, 2.75) is 193 Å². The minimum absolute atomic E-state index is 0.151. The standard InChI is InChI=1S/C40H74NO10P/c1-3-5-7-9-11-13-15-17-18-20-22-24-26-28-30-32-39(43)51-36(34-49-52(46,47)50-35-37(41)40(44)45)33-48-38(42)31-29-27-25-23-21-19-16-14-12-10-8-6-4-2/h14,16-18,36-37H,3-13,15,19-35,41H2,1-2H3,(H,44,45)(H,46,47). The third kappa shape index (κ3) is 35.0. The van der Waals surface area contributed by atoms with E-state index >= 15 is 0 Å². The van der Waals surface area contributed by atoms with E-state index in [1.54, 1.807) is 0 Å². The number of carboxylic acids is 1. The summed E-state index contributed by atoms with van der Waals surface area (Å²) in [5.41, 5.74) is 5.32. The lowest BCUT2D eigenvalue weighted by atomic mass is 10.1. The fourth-order valence-corrected chi connectivity index (χ4v) is 6.18. The van der Waals surface area contributed by atoms with Crippen LogP contribution in [0.3, 0.4) is 0 Å². The number of carbonyl (C=O) groups excluding carboxylic acids is 2. The summed E-state index contributed by atoms with van der Waals surface area (Å²) in [4.78, 5) is 45.8. The van der Waals surface area contributed by atoms with Crippen molar-refractivity contribution in [3.05, 3.63) is 24.3 Å². The highest BCUT2D eigenvalue weighted by Crippen LogP contribution is 2.43. The van der Waals surface area contributed by atoms with Gasteiger partial charge < -0.3 is 25.2 Å². The first-order chi connectivity index (χ1) is 25.1. The van der Waals surface area contributed by atoms with Crippen LogP contribution in [0.2, 0.25) is 0 Å². The molecule has 0 aromatic rings. The highest BCUT2D eigenvalue weighted by Gasteiger charge is 2.28. The molecule has 11 nitrogen and oxygen atoms in total. The molecular weight excluding hydrogens is 685 g/mol. The molecule has 0 saturated carbocycles. The van der Waals surface area contributed by atoms with Crippen LogP contribution in [-0.2, 0) is 37.5 Å². The zero-order valence-corrected chi connectivity index (χ0v) is 33.5. The van der Waals surface area contributed by atoms with Crippen LogP contribution in [0.25, 0.3) is 0 Å². The number of aliphatic carboxylic acids is 1. The molecule has 0 radical (unpaired) electrons. The van der Waals surface area contributed by atoms with Crippen LogP contribution in [0.1, 0.15) is 181 Å². The average molecular weight is 760 g/mol. The number of hydrogen-bond donors (Lipinski definition) is 3. The van der Waals surface area contributed by atoms with E-state index in [1.807, 2.05) is 0 Å². The topological polar surface area (TPSA) is 172 Å². The second-order valence-electron chi connectivity index (χ2n) is 13.8. The average Bonchev–Trinajstić information content (AvgIpc) is 3.12. The summed E-state index contributed by atoms with van der Waals surface area (Å²) < 4.78 is 32.6. The van der Waals surface area contributed by atoms with Crippen molar-refractivity contribution in [1.29, 1.82) is 0 Å². The number of carbonyl (C=O) groups is 3. The van der Waals surface area contributed by atoms with Crippen LogP contribution in [0.5, 0.6) is 0 Å². The predicted octanol–water partition coefficient (Wildman–Crippen LogP) is 10.3. The van der Waals surface area contributed by atoms with Crippen LogP contribution in [0, 0.1) is 0 Å². The molecule has 12 heteroatoms. The van der Waals surface area contributed by atoms with Crippen molar-refractivity contribution < 1.29 is 47.5 Å². The summed E-state index contributed by atoms with van der Waals surface area (Å²) in [5, 5.41) is 8.87. The fourth-order valence-electron chi connectivity index (χ4n) is 5.41. The number of ether oxygens (including phenoxy) is 2. The predicted molar refractivity (Wildman–Crippen MR) is 208 cm³/mol. The van der Waals surface area contributed by atoms with Gasteiger partial charge in [0.1, 0.15) is 12.6 Å². The summed E-state index contributed by atoms with van der Waals surface area (Å²) in [6.45, 7) is 2.76. The molecule has 0 aliphatic rings. The largest absolute Gasteiger partial charge is 0.480 e. The summed E-state index contributed by atoms with van der Waals surface area (Å²) in [7, 11) is -4.71. The SMILES string of the molecule is CCCCCCC=CCCCCCCCC(=O)OCC(COP(=O)(O)OCC(N)C(=O)O)OC(=O)CCCCCCCC=CCCCCCCCC. The lowest BCUT2D eigenvalue weighted by Gasteiger charge is -2.20. The van der Waals surface area contributed by atoms with Crippen LogP contribution in [0.4, 0.5) is 0 Å². The Balaban J connectivity index is 4.43. The third-order valence-corrected chi connectivity index (χ3v) is 9.62. The van der Waals surface area contributed by atoms with Gasteiger partial charge in [-0.2, -0.15) is 0 Å². The summed E-state index contributed by atoms with van der Waals surface area (Å²) in [6, 6.07) is -1.52. The van der Waals surface area contributed by atoms with Gasteiger partial charge in [-0.3, -0.25) is 23.4 Å². The Hall–Kier alpha value is -2.04. The van der Waals surface area contributed by atoms with Gasteiger partial charge in [-0.1, -0.05) is 128 Å². The minimum Gasteiger partial charge on any atom is -0.480 e. The maximum Gasteiger partial charge on any atom is 0.472 e. The summed E-state index contributed by atoms with van der Waals surface area (Å²) >= 11 is 0. The highest BCUT2D eigenvalue weighted by molar-refractivity contribution is 7.47. The second-order valence-corrected chi connectivity index (χ2v) is 15.2. The van der Waals surface area contributed by atoms with Crippen LogP contribution in [-0.4, -0.2) is 59.9 Å². The van der Waals surface area contributed by atoms with Gasteiger partial charge in [0, 0.05) is 12.8 Å². The van der Waals surface area contributed by atoms with Gasteiger partial charge in [0.2, 0.25) is 0 Å². The zero-order chi connectivity index (χ0) is 38.5. The molecule has 4 N–H and O–H groups in total. The van der Waals surface area contributed by atoms with E-state index in [0.29, 0.717) is 12.8 Å². The molecule has 3 unspecified atom stereocenters.